The fraction of sp³-hybridized carbons (Fsp3) is 0.789. The zero-order valence-electron chi connectivity index (χ0n) is 17.6. The zero-order valence-corrected chi connectivity index (χ0v) is 17.6. The SMILES string of the molecule is COC(=O)CCC(=O)CNC(=O)[C@@H]1C[C@H](OC(C)C)CN1C(=O)OC(C)(C)C. The maximum atomic E-state index is 12.6. The van der Waals surface area contributed by atoms with Crippen molar-refractivity contribution in [3.05, 3.63) is 0 Å². The second-order valence-corrected chi connectivity index (χ2v) is 8.02. The van der Waals surface area contributed by atoms with E-state index in [-0.39, 0.29) is 43.9 Å². The molecule has 1 heterocycles. The highest BCUT2D eigenvalue weighted by atomic mass is 16.6. The molecular formula is C19H32N2O7. The molecular weight excluding hydrogens is 368 g/mol. The number of methoxy groups -OCH3 is 1. The number of carbonyl (C=O) groups excluding carboxylic acids is 4. The number of amides is 2. The standard InChI is InChI=1S/C19H32N2O7/c1-12(2)27-14-9-15(21(11-14)18(25)28-19(3,4)5)17(24)20-10-13(22)7-8-16(23)26-6/h12,14-15H,7-11H2,1-6H3,(H,20,24)/t14-,15-/m0/s1. The molecule has 1 aliphatic rings. The molecule has 9 heteroatoms. The number of nitrogens with zero attached hydrogens (tertiary/aromatic N) is 1. The summed E-state index contributed by atoms with van der Waals surface area (Å²) in [5.74, 6) is -1.23. The highest BCUT2D eigenvalue weighted by Gasteiger charge is 2.42. The molecule has 2 atom stereocenters. The van der Waals surface area contributed by atoms with Gasteiger partial charge in [-0.25, -0.2) is 4.79 Å². The summed E-state index contributed by atoms with van der Waals surface area (Å²) in [5.41, 5.74) is -0.695. The number of likely N-dealkylation sites (tertiary alicyclic amines) is 1. The zero-order chi connectivity index (χ0) is 21.5. The molecule has 1 rings (SSSR count). The largest absolute Gasteiger partial charge is 0.469 e. The molecule has 0 aromatic carbocycles. The fourth-order valence-electron chi connectivity index (χ4n) is 2.79. The van der Waals surface area contributed by atoms with Crippen molar-refractivity contribution in [2.24, 2.45) is 0 Å². The van der Waals surface area contributed by atoms with Gasteiger partial charge in [0.2, 0.25) is 5.91 Å². The van der Waals surface area contributed by atoms with E-state index in [1.165, 1.54) is 12.0 Å². The number of ether oxygens (including phenoxy) is 3. The average Bonchev–Trinajstić information content (AvgIpc) is 2.99. The molecule has 0 radical (unpaired) electrons. The van der Waals surface area contributed by atoms with Gasteiger partial charge in [0, 0.05) is 12.8 Å². The molecule has 1 saturated heterocycles. The summed E-state index contributed by atoms with van der Waals surface area (Å²) < 4.78 is 15.6. The molecule has 160 valence electrons. The minimum Gasteiger partial charge on any atom is -0.469 e. The Bertz CT molecular complexity index is 583. The Kier molecular flexibility index (Phi) is 8.87. The quantitative estimate of drug-likeness (QED) is 0.614. The van der Waals surface area contributed by atoms with Crippen LogP contribution in [0, 0.1) is 0 Å². The van der Waals surface area contributed by atoms with Gasteiger partial charge in [0.15, 0.2) is 5.78 Å². The Hall–Kier alpha value is -2.16. The van der Waals surface area contributed by atoms with Crippen LogP contribution >= 0.6 is 0 Å². The van der Waals surface area contributed by atoms with Crippen LogP contribution in [0.4, 0.5) is 4.79 Å². The molecule has 1 fully saturated rings. The lowest BCUT2D eigenvalue weighted by Gasteiger charge is -2.27. The van der Waals surface area contributed by atoms with Crippen LogP contribution in [0.2, 0.25) is 0 Å². The number of hydrogen-bond donors (Lipinski definition) is 1. The van der Waals surface area contributed by atoms with E-state index in [2.05, 4.69) is 10.1 Å². The second kappa shape index (κ2) is 10.4. The van der Waals surface area contributed by atoms with E-state index < -0.39 is 29.6 Å². The number of Topliss-reactive ketones (excluding diaryl/α,β-unsaturated/α-hetero) is 1. The normalized spacial score (nSPS) is 19.5. The maximum Gasteiger partial charge on any atom is 0.411 e. The van der Waals surface area contributed by atoms with Gasteiger partial charge in [-0.15, -0.1) is 0 Å². The topological polar surface area (TPSA) is 111 Å². The Labute approximate surface area is 166 Å². The first-order chi connectivity index (χ1) is 12.9. The molecule has 0 aromatic rings. The first-order valence-electron chi connectivity index (χ1n) is 9.44. The Morgan fingerprint density at radius 1 is 1.14 bits per heavy atom. The molecule has 0 saturated carbocycles. The van der Waals surface area contributed by atoms with Crippen LogP contribution in [-0.2, 0) is 28.6 Å². The molecule has 0 bridgehead atoms. The minimum absolute atomic E-state index is 0.0213. The van der Waals surface area contributed by atoms with Crippen LogP contribution in [-0.4, -0.2) is 72.7 Å². The van der Waals surface area contributed by atoms with Crippen molar-refractivity contribution in [2.75, 3.05) is 20.2 Å². The van der Waals surface area contributed by atoms with E-state index in [4.69, 9.17) is 9.47 Å². The molecule has 0 spiro atoms. The molecule has 28 heavy (non-hydrogen) atoms. The van der Waals surface area contributed by atoms with Crippen LogP contribution in [0.1, 0.15) is 53.9 Å². The second-order valence-electron chi connectivity index (χ2n) is 8.02. The molecule has 0 aromatic heterocycles. The number of hydrogen-bond acceptors (Lipinski definition) is 7. The van der Waals surface area contributed by atoms with Gasteiger partial charge in [-0.3, -0.25) is 19.3 Å². The van der Waals surface area contributed by atoms with E-state index in [9.17, 15) is 19.2 Å². The molecule has 2 amide bonds. The molecule has 1 N–H and O–H groups in total. The molecule has 1 aliphatic heterocycles. The van der Waals surface area contributed by atoms with E-state index in [1.807, 2.05) is 13.8 Å². The van der Waals surface area contributed by atoms with Crippen LogP contribution in [0.5, 0.6) is 0 Å². The first kappa shape index (κ1) is 23.9. The summed E-state index contributed by atoms with van der Waals surface area (Å²) in [6.07, 6.45) is -0.681. The van der Waals surface area contributed by atoms with Gasteiger partial charge in [-0.05, 0) is 34.6 Å². The number of ketones is 1. The van der Waals surface area contributed by atoms with Gasteiger partial charge in [-0.2, -0.15) is 0 Å². The minimum atomic E-state index is -0.785. The molecule has 0 unspecified atom stereocenters. The van der Waals surface area contributed by atoms with E-state index in [0.29, 0.717) is 6.42 Å². The summed E-state index contributed by atoms with van der Waals surface area (Å²) >= 11 is 0. The van der Waals surface area contributed by atoms with Gasteiger partial charge in [0.1, 0.15) is 11.6 Å². The van der Waals surface area contributed by atoms with E-state index >= 15 is 0 Å². The van der Waals surface area contributed by atoms with Crippen molar-refractivity contribution in [1.29, 1.82) is 0 Å². The van der Waals surface area contributed by atoms with Gasteiger partial charge >= 0.3 is 12.1 Å². The maximum absolute atomic E-state index is 12.6. The third kappa shape index (κ3) is 8.24. The van der Waals surface area contributed by atoms with Gasteiger partial charge in [0.05, 0.1) is 38.8 Å². The van der Waals surface area contributed by atoms with Crippen molar-refractivity contribution in [3.63, 3.8) is 0 Å². The lowest BCUT2D eigenvalue weighted by Crippen LogP contribution is -2.48. The summed E-state index contributed by atoms with van der Waals surface area (Å²) in [6.45, 7) is 9.02. The van der Waals surface area contributed by atoms with Crippen molar-refractivity contribution in [3.8, 4) is 0 Å². The van der Waals surface area contributed by atoms with Crippen molar-refractivity contribution >= 4 is 23.8 Å². The lowest BCUT2D eigenvalue weighted by molar-refractivity contribution is -0.141. The summed E-state index contributed by atoms with van der Waals surface area (Å²) in [5, 5.41) is 2.54. The lowest BCUT2D eigenvalue weighted by atomic mass is 10.1. The van der Waals surface area contributed by atoms with Crippen LogP contribution in [0.25, 0.3) is 0 Å². The highest BCUT2D eigenvalue weighted by molar-refractivity contribution is 5.91. The monoisotopic (exact) mass is 400 g/mol. The van der Waals surface area contributed by atoms with Crippen LogP contribution in [0.3, 0.4) is 0 Å². The van der Waals surface area contributed by atoms with E-state index in [1.54, 1.807) is 20.8 Å². The average molecular weight is 400 g/mol. The summed E-state index contributed by atoms with van der Waals surface area (Å²) in [4.78, 5) is 49.4. The Balaban J connectivity index is 2.70. The number of rotatable bonds is 8. The Morgan fingerprint density at radius 3 is 2.32 bits per heavy atom. The smallest absolute Gasteiger partial charge is 0.411 e. The van der Waals surface area contributed by atoms with Crippen LogP contribution < -0.4 is 5.32 Å². The summed E-state index contributed by atoms with van der Waals surface area (Å²) in [6, 6.07) is -0.785. The Morgan fingerprint density at radius 2 is 1.79 bits per heavy atom. The molecule has 9 nitrogen and oxygen atoms in total. The number of esters is 1. The first-order valence-corrected chi connectivity index (χ1v) is 9.44. The van der Waals surface area contributed by atoms with Crippen molar-refractivity contribution in [1.82, 2.24) is 10.2 Å². The van der Waals surface area contributed by atoms with Crippen LogP contribution in [0.15, 0.2) is 0 Å². The molecule has 0 aliphatic carbocycles. The number of carbonyl (C=O) groups is 4. The van der Waals surface area contributed by atoms with Gasteiger partial charge < -0.3 is 19.5 Å². The summed E-state index contributed by atoms with van der Waals surface area (Å²) in [7, 11) is 1.25. The highest BCUT2D eigenvalue weighted by Crippen LogP contribution is 2.24. The third-order valence-corrected chi connectivity index (χ3v) is 3.95. The van der Waals surface area contributed by atoms with E-state index in [0.717, 1.165) is 0 Å². The number of nitrogens with one attached hydrogen (secondary N) is 1. The fourth-order valence-corrected chi connectivity index (χ4v) is 2.79. The van der Waals surface area contributed by atoms with Crippen molar-refractivity contribution < 1.29 is 33.4 Å². The third-order valence-electron chi connectivity index (χ3n) is 3.95. The van der Waals surface area contributed by atoms with Gasteiger partial charge in [-0.1, -0.05) is 0 Å². The van der Waals surface area contributed by atoms with Crippen molar-refractivity contribution in [2.45, 2.75) is 77.7 Å². The predicted octanol–water partition coefficient (Wildman–Crippen LogP) is 1.43. The predicted molar refractivity (Wildman–Crippen MR) is 101 cm³/mol. The van der Waals surface area contributed by atoms with Gasteiger partial charge in [0.25, 0.3) is 0 Å².